The Kier molecular flexibility index (Phi) is 3.56. The molecule has 2 heteroatoms. The summed E-state index contributed by atoms with van der Waals surface area (Å²) in [5.41, 5.74) is 4.29. The second-order valence-corrected chi connectivity index (χ2v) is 4.77. The van der Waals surface area contributed by atoms with E-state index >= 15 is 0 Å². The van der Waals surface area contributed by atoms with Crippen molar-refractivity contribution in [2.75, 3.05) is 11.9 Å². The molecule has 0 saturated heterocycles. The van der Waals surface area contributed by atoms with Crippen molar-refractivity contribution in [1.29, 1.82) is 0 Å². The summed E-state index contributed by atoms with van der Waals surface area (Å²) in [6, 6.07) is 14.3. The zero-order valence-corrected chi connectivity index (χ0v) is 11.1. The molecule has 0 spiro atoms. The number of anilines is 1. The SMILES string of the molecule is Cc1ccc(N(C)Cc2cccc(C)c2O)cc1. The third-order valence-corrected chi connectivity index (χ3v) is 3.20. The summed E-state index contributed by atoms with van der Waals surface area (Å²) in [6.45, 7) is 4.71. The zero-order valence-electron chi connectivity index (χ0n) is 11.1. The monoisotopic (exact) mass is 241 g/mol. The standard InChI is InChI=1S/C16H19NO/c1-12-7-9-15(10-8-12)17(3)11-14-6-4-5-13(2)16(14)18/h4-10,18H,11H2,1-3H3. The van der Waals surface area contributed by atoms with Crippen molar-refractivity contribution >= 4 is 5.69 Å². The molecule has 18 heavy (non-hydrogen) atoms. The lowest BCUT2D eigenvalue weighted by Gasteiger charge is -2.20. The molecule has 1 N–H and O–H groups in total. The molecule has 0 fully saturated rings. The molecule has 2 rings (SSSR count). The van der Waals surface area contributed by atoms with E-state index in [1.54, 1.807) is 0 Å². The van der Waals surface area contributed by atoms with Gasteiger partial charge in [0.25, 0.3) is 0 Å². The van der Waals surface area contributed by atoms with Crippen LogP contribution >= 0.6 is 0 Å². The Hall–Kier alpha value is -1.96. The second-order valence-electron chi connectivity index (χ2n) is 4.77. The summed E-state index contributed by atoms with van der Waals surface area (Å²) in [5.74, 6) is 0.400. The lowest BCUT2D eigenvalue weighted by molar-refractivity contribution is 0.463. The van der Waals surface area contributed by atoms with Gasteiger partial charge >= 0.3 is 0 Å². The molecule has 0 aliphatic rings. The first-order chi connectivity index (χ1) is 8.58. The van der Waals surface area contributed by atoms with Crippen LogP contribution in [-0.2, 0) is 6.54 Å². The number of phenolic OH excluding ortho intramolecular Hbond substituents is 1. The van der Waals surface area contributed by atoms with Crippen LogP contribution in [0.3, 0.4) is 0 Å². The van der Waals surface area contributed by atoms with Crippen molar-refractivity contribution in [3.05, 3.63) is 59.2 Å². The molecule has 2 aromatic rings. The number of para-hydroxylation sites is 1. The molecule has 0 heterocycles. The topological polar surface area (TPSA) is 23.5 Å². The van der Waals surface area contributed by atoms with Gasteiger partial charge in [0.15, 0.2) is 0 Å². The fourth-order valence-corrected chi connectivity index (χ4v) is 1.99. The first-order valence-electron chi connectivity index (χ1n) is 6.13. The van der Waals surface area contributed by atoms with Crippen molar-refractivity contribution in [3.63, 3.8) is 0 Å². The van der Waals surface area contributed by atoms with Gasteiger partial charge < -0.3 is 10.0 Å². The number of aromatic hydroxyl groups is 1. The van der Waals surface area contributed by atoms with Gasteiger partial charge in [-0.15, -0.1) is 0 Å². The average molecular weight is 241 g/mol. The van der Waals surface area contributed by atoms with E-state index in [1.807, 2.05) is 32.2 Å². The summed E-state index contributed by atoms with van der Waals surface area (Å²) in [6.07, 6.45) is 0. The van der Waals surface area contributed by atoms with Gasteiger partial charge in [-0.25, -0.2) is 0 Å². The molecule has 94 valence electrons. The number of hydrogen-bond donors (Lipinski definition) is 1. The van der Waals surface area contributed by atoms with Gasteiger partial charge in [-0.2, -0.15) is 0 Å². The van der Waals surface area contributed by atoms with Gasteiger partial charge in [-0.1, -0.05) is 35.9 Å². The van der Waals surface area contributed by atoms with E-state index in [9.17, 15) is 5.11 Å². The van der Waals surface area contributed by atoms with Crippen molar-refractivity contribution in [1.82, 2.24) is 0 Å². The summed E-state index contributed by atoms with van der Waals surface area (Å²) in [4.78, 5) is 2.13. The number of nitrogens with zero attached hydrogens (tertiary/aromatic N) is 1. The lowest BCUT2D eigenvalue weighted by atomic mass is 10.1. The second kappa shape index (κ2) is 5.13. The molecule has 0 amide bonds. The minimum absolute atomic E-state index is 0.400. The van der Waals surface area contributed by atoms with Gasteiger partial charge in [-0.3, -0.25) is 0 Å². The quantitative estimate of drug-likeness (QED) is 0.886. The summed E-state index contributed by atoms with van der Waals surface area (Å²) in [7, 11) is 2.03. The molecule has 0 aliphatic heterocycles. The van der Waals surface area contributed by atoms with Crippen LogP contribution in [-0.4, -0.2) is 12.2 Å². The smallest absolute Gasteiger partial charge is 0.123 e. The highest BCUT2D eigenvalue weighted by Crippen LogP contribution is 2.24. The number of rotatable bonds is 3. The van der Waals surface area contributed by atoms with E-state index in [0.29, 0.717) is 12.3 Å². The number of hydrogen-bond acceptors (Lipinski definition) is 2. The zero-order chi connectivity index (χ0) is 13.1. The summed E-state index contributed by atoms with van der Waals surface area (Å²) in [5, 5.41) is 10.0. The molecule has 2 nitrogen and oxygen atoms in total. The molecule has 2 aromatic carbocycles. The first-order valence-corrected chi connectivity index (χ1v) is 6.13. The fraction of sp³-hybridized carbons (Fsp3) is 0.250. The first kappa shape index (κ1) is 12.5. The predicted molar refractivity (Wildman–Crippen MR) is 76.1 cm³/mol. The number of benzene rings is 2. The molecule has 0 unspecified atom stereocenters. The van der Waals surface area contributed by atoms with Gasteiger partial charge in [0.05, 0.1) is 0 Å². The molecule has 0 aromatic heterocycles. The van der Waals surface area contributed by atoms with Gasteiger partial charge in [-0.05, 0) is 31.5 Å². The molecule has 0 bridgehead atoms. The van der Waals surface area contributed by atoms with E-state index in [4.69, 9.17) is 0 Å². The molecule has 0 aliphatic carbocycles. The number of phenols is 1. The normalized spacial score (nSPS) is 10.4. The van der Waals surface area contributed by atoms with E-state index in [0.717, 1.165) is 16.8 Å². The summed E-state index contributed by atoms with van der Waals surface area (Å²) < 4.78 is 0. The Labute approximate surface area is 109 Å². The van der Waals surface area contributed by atoms with Crippen molar-refractivity contribution in [3.8, 4) is 5.75 Å². The third-order valence-electron chi connectivity index (χ3n) is 3.20. The molecule has 0 saturated carbocycles. The van der Waals surface area contributed by atoms with E-state index in [1.165, 1.54) is 5.56 Å². The Morgan fingerprint density at radius 1 is 1.00 bits per heavy atom. The van der Waals surface area contributed by atoms with Crippen LogP contribution in [0.2, 0.25) is 0 Å². The van der Waals surface area contributed by atoms with Crippen molar-refractivity contribution in [2.24, 2.45) is 0 Å². The third kappa shape index (κ3) is 2.65. The Morgan fingerprint density at radius 3 is 2.33 bits per heavy atom. The number of aryl methyl sites for hydroxylation is 2. The maximum atomic E-state index is 10.0. The molecule has 0 radical (unpaired) electrons. The Bertz CT molecular complexity index is 531. The van der Waals surface area contributed by atoms with E-state index in [2.05, 4.69) is 36.1 Å². The van der Waals surface area contributed by atoms with Crippen LogP contribution in [0, 0.1) is 13.8 Å². The molecular formula is C16H19NO. The van der Waals surface area contributed by atoms with Crippen LogP contribution < -0.4 is 4.90 Å². The molecular weight excluding hydrogens is 222 g/mol. The van der Waals surface area contributed by atoms with E-state index in [-0.39, 0.29) is 0 Å². The van der Waals surface area contributed by atoms with Gasteiger partial charge in [0.2, 0.25) is 0 Å². The van der Waals surface area contributed by atoms with Crippen LogP contribution in [0.25, 0.3) is 0 Å². The Balaban J connectivity index is 2.18. The lowest BCUT2D eigenvalue weighted by Crippen LogP contribution is -2.16. The Morgan fingerprint density at radius 2 is 1.67 bits per heavy atom. The van der Waals surface area contributed by atoms with E-state index < -0.39 is 0 Å². The largest absolute Gasteiger partial charge is 0.507 e. The highest BCUT2D eigenvalue weighted by atomic mass is 16.3. The average Bonchev–Trinajstić information content (AvgIpc) is 2.36. The van der Waals surface area contributed by atoms with Crippen LogP contribution in [0.15, 0.2) is 42.5 Å². The van der Waals surface area contributed by atoms with Crippen LogP contribution in [0.4, 0.5) is 5.69 Å². The highest BCUT2D eigenvalue weighted by Gasteiger charge is 2.07. The summed E-state index contributed by atoms with van der Waals surface area (Å²) >= 11 is 0. The fourth-order valence-electron chi connectivity index (χ4n) is 1.99. The maximum Gasteiger partial charge on any atom is 0.123 e. The molecule has 0 atom stereocenters. The predicted octanol–water partition coefficient (Wildman–Crippen LogP) is 3.65. The van der Waals surface area contributed by atoms with Crippen molar-refractivity contribution < 1.29 is 5.11 Å². The van der Waals surface area contributed by atoms with Crippen molar-refractivity contribution in [2.45, 2.75) is 20.4 Å². The maximum absolute atomic E-state index is 10.0. The highest BCUT2D eigenvalue weighted by molar-refractivity contribution is 5.49. The van der Waals surface area contributed by atoms with Gasteiger partial charge in [0.1, 0.15) is 5.75 Å². The van der Waals surface area contributed by atoms with Crippen LogP contribution in [0.1, 0.15) is 16.7 Å². The minimum atomic E-state index is 0.400. The minimum Gasteiger partial charge on any atom is -0.507 e. The van der Waals surface area contributed by atoms with Crippen LogP contribution in [0.5, 0.6) is 5.75 Å². The van der Waals surface area contributed by atoms with Gasteiger partial charge in [0, 0.05) is 24.8 Å².